The molecule has 2 aromatic carbocycles. The Morgan fingerprint density at radius 1 is 1.06 bits per heavy atom. The van der Waals surface area contributed by atoms with Crippen molar-refractivity contribution in [1.29, 1.82) is 0 Å². The number of carbonyl (C=O) groups is 1. The van der Waals surface area contributed by atoms with Crippen molar-refractivity contribution in [3.8, 4) is 0 Å². The zero-order chi connectivity index (χ0) is 22.0. The fourth-order valence-electron chi connectivity index (χ4n) is 4.11. The third-order valence-corrected chi connectivity index (χ3v) is 5.81. The predicted octanol–water partition coefficient (Wildman–Crippen LogP) is 4.47. The van der Waals surface area contributed by atoms with Gasteiger partial charge < -0.3 is 20.3 Å². The van der Waals surface area contributed by atoms with Gasteiger partial charge in [-0.25, -0.2) is 0 Å². The molecule has 166 valence electrons. The molecule has 2 aliphatic rings. The number of fused-ring (bicyclic) bond motifs is 1. The number of benzene rings is 2. The number of morpholine rings is 1. The van der Waals surface area contributed by atoms with Crippen LogP contribution < -0.4 is 15.5 Å². The molecule has 4 rings (SSSR count). The summed E-state index contributed by atoms with van der Waals surface area (Å²) in [4.78, 5) is 14.8. The van der Waals surface area contributed by atoms with Crippen LogP contribution in [0.3, 0.4) is 0 Å². The van der Waals surface area contributed by atoms with Crippen molar-refractivity contribution < 1.29 is 22.7 Å². The molecule has 0 saturated carbocycles. The number of carbonyl (C=O) groups excluding carboxylic acids is 1. The number of hydrogen-bond acceptors (Lipinski definition) is 4. The smallest absolute Gasteiger partial charge is 0.378 e. The molecule has 1 aliphatic heterocycles. The van der Waals surface area contributed by atoms with Crippen LogP contribution in [0.1, 0.15) is 30.0 Å². The van der Waals surface area contributed by atoms with Gasteiger partial charge in [-0.05, 0) is 67.6 Å². The molecule has 1 fully saturated rings. The molecule has 0 spiro atoms. The van der Waals surface area contributed by atoms with E-state index in [2.05, 4.69) is 22.8 Å². The van der Waals surface area contributed by atoms with Gasteiger partial charge in [-0.2, -0.15) is 13.2 Å². The van der Waals surface area contributed by atoms with E-state index < -0.39 is 23.7 Å². The highest BCUT2D eigenvalue weighted by Gasteiger charge is 2.32. The number of alkyl halides is 3. The summed E-state index contributed by atoms with van der Waals surface area (Å²) in [5, 5.41) is 5.88. The third kappa shape index (κ3) is 4.95. The standard InChI is InChI=1S/C23H26F3N3O2/c1-15(27-19-7-5-16-3-2-4-17(16)13-19)22(30)28-20-14-18(23(24,25)26)6-8-21(20)29-9-11-31-12-10-29/h5-8,13-15,27H,2-4,9-12H2,1H3,(H,28,30). The van der Waals surface area contributed by atoms with Crippen molar-refractivity contribution in [1.82, 2.24) is 0 Å². The molecule has 1 aliphatic carbocycles. The maximum absolute atomic E-state index is 13.3. The van der Waals surface area contributed by atoms with E-state index in [-0.39, 0.29) is 5.69 Å². The van der Waals surface area contributed by atoms with Crippen LogP contribution in [0, 0.1) is 0 Å². The average Bonchev–Trinajstić information content (AvgIpc) is 3.21. The first-order valence-electron chi connectivity index (χ1n) is 10.5. The Bertz CT molecular complexity index is 956. The number of hydrogen-bond donors (Lipinski definition) is 2. The summed E-state index contributed by atoms with van der Waals surface area (Å²) in [5.41, 5.74) is 3.38. The molecule has 1 unspecified atom stereocenters. The second kappa shape index (κ2) is 8.78. The fraction of sp³-hybridized carbons (Fsp3) is 0.435. The molecule has 1 heterocycles. The summed E-state index contributed by atoms with van der Waals surface area (Å²) >= 11 is 0. The van der Waals surface area contributed by atoms with Crippen LogP contribution in [0.4, 0.5) is 30.2 Å². The minimum atomic E-state index is -4.49. The first kappa shape index (κ1) is 21.5. The second-order valence-electron chi connectivity index (χ2n) is 8.02. The Morgan fingerprint density at radius 3 is 2.55 bits per heavy atom. The van der Waals surface area contributed by atoms with Crippen LogP contribution in [-0.2, 0) is 28.5 Å². The quantitative estimate of drug-likeness (QED) is 0.731. The van der Waals surface area contributed by atoms with Crippen molar-refractivity contribution in [2.75, 3.05) is 41.8 Å². The van der Waals surface area contributed by atoms with E-state index in [0.717, 1.165) is 37.1 Å². The number of amides is 1. The lowest BCUT2D eigenvalue weighted by Gasteiger charge is -2.31. The SMILES string of the molecule is CC(Nc1ccc2c(c1)CCC2)C(=O)Nc1cc(C(F)(F)F)ccc1N1CCOCC1. The van der Waals surface area contributed by atoms with Crippen molar-refractivity contribution in [3.05, 3.63) is 53.1 Å². The minimum absolute atomic E-state index is 0.157. The second-order valence-corrected chi connectivity index (χ2v) is 8.02. The first-order chi connectivity index (χ1) is 14.8. The zero-order valence-electron chi connectivity index (χ0n) is 17.4. The number of nitrogens with zero attached hydrogens (tertiary/aromatic N) is 1. The third-order valence-electron chi connectivity index (χ3n) is 5.81. The van der Waals surface area contributed by atoms with Crippen molar-refractivity contribution in [3.63, 3.8) is 0 Å². The number of rotatable bonds is 5. The zero-order valence-corrected chi connectivity index (χ0v) is 17.4. The molecule has 0 radical (unpaired) electrons. The Balaban J connectivity index is 1.52. The molecule has 1 amide bonds. The number of ether oxygens (including phenoxy) is 1. The molecular weight excluding hydrogens is 407 g/mol. The van der Waals surface area contributed by atoms with Crippen LogP contribution in [-0.4, -0.2) is 38.3 Å². The van der Waals surface area contributed by atoms with Gasteiger partial charge in [0.1, 0.15) is 6.04 Å². The first-order valence-corrected chi connectivity index (χ1v) is 10.5. The van der Waals surface area contributed by atoms with Gasteiger partial charge in [0.05, 0.1) is 30.2 Å². The number of halogens is 3. The van der Waals surface area contributed by atoms with Crippen LogP contribution in [0.5, 0.6) is 0 Å². The Hall–Kier alpha value is -2.74. The maximum atomic E-state index is 13.3. The number of anilines is 3. The van der Waals surface area contributed by atoms with E-state index in [0.29, 0.717) is 32.0 Å². The molecule has 0 aromatic heterocycles. The molecule has 31 heavy (non-hydrogen) atoms. The van der Waals surface area contributed by atoms with Crippen molar-refractivity contribution >= 4 is 23.0 Å². The number of nitrogens with one attached hydrogen (secondary N) is 2. The van der Waals surface area contributed by atoms with E-state index in [4.69, 9.17) is 4.74 Å². The monoisotopic (exact) mass is 433 g/mol. The van der Waals surface area contributed by atoms with Gasteiger partial charge >= 0.3 is 6.18 Å². The van der Waals surface area contributed by atoms with Gasteiger partial charge in [0.25, 0.3) is 0 Å². The summed E-state index contributed by atoms with van der Waals surface area (Å²) in [6.45, 7) is 3.79. The Morgan fingerprint density at radius 2 is 1.81 bits per heavy atom. The molecule has 5 nitrogen and oxygen atoms in total. The summed E-state index contributed by atoms with van der Waals surface area (Å²) in [7, 11) is 0. The minimum Gasteiger partial charge on any atom is -0.378 e. The maximum Gasteiger partial charge on any atom is 0.416 e. The van der Waals surface area contributed by atoms with Gasteiger partial charge in [0.15, 0.2) is 0 Å². The van der Waals surface area contributed by atoms with Crippen LogP contribution >= 0.6 is 0 Å². The topological polar surface area (TPSA) is 53.6 Å². The van der Waals surface area contributed by atoms with Crippen LogP contribution in [0.25, 0.3) is 0 Å². The highest BCUT2D eigenvalue weighted by atomic mass is 19.4. The summed E-state index contributed by atoms with van der Waals surface area (Å²) in [5.74, 6) is -0.394. The van der Waals surface area contributed by atoms with Gasteiger partial charge in [0.2, 0.25) is 5.91 Å². The van der Waals surface area contributed by atoms with E-state index in [1.165, 1.54) is 17.2 Å². The normalized spacial score (nSPS) is 17.2. The van der Waals surface area contributed by atoms with Gasteiger partial charge in [0, 0.05) is 18.8 Å². The molecule has 2 N–H and O–H groups in total. The summed E-state index contributed by atoms with van der Waals surface area (Å²) < 4.78 is 45.2. The summed E-state index contributed by atoms with van der Waals surface area (Å²) in [6, 6.07) is 8.91. The summed E-state index contributed by atoms with van der Waals surface area (Å²) in [6.07, 6.45) is -1.25. The Labute approximate surface area is 179 Å². The lowest BCUT2D eigenvalue weighted by atomic mass is 10.1. The van der Waals surface area contributed by atoms with Gasteiger partial charge in [-0.3, -0.25) is 4.79 Å². The number of aryl methyl sites for hydroxylation is 2. The predicted molar refractivity (Wildman–Crippen MR) is 115 cm³/mol. The van der Waals surface area contributed by atoms with E-state index in [9.17, 15) is 18.0 Å². The molecule has 8 heteroatoms. The molecule has 1 atom stereocenters. The highest BCUT2D eigenvalue weighted by molar-refractivity contribution is 5.99. The van der Waals surface area contributed by atoms with Gasteiger partial charge in [-0.1, -0.05) is 6.07 Å². The molecule has 0 bridgehead atoms. The van der Waals surface area contributed by atoms with E-state index >= 15 is 0 Å². The van der Waals surface area contributed by atoms with Crippen molar-refractivity contribution in [2.24, 2.45) is 0 Å². The van der Waals surface area contributed by atoms with Gasteiger partial charge in [-0.15, -0.1) is 0 Å². The lowest BCUT2D eigenvalue weighted by Crippen LogP contribution is -2.37. The van der Waals surface area contributed by atoms with Crippen LogP contribution in [0.2, 0.25) is 0 Å². The van der Waals surface area contributed by atoms with E-state index in [1.807, 2.05) is 11.0 Å². The lowest BCUT2D eigenvalue weighted by molar-refractivity contribution is -0.137. The van der Waals surface area contributed by atoms with E-state index in [1.54, 1.807) is 6.92 Å². The molecule has 2 aromatic rings. The van der Waals surface area contributed by atoms with Crippen LogP contribution in [0.15, 0.2) is 36.4 Å². The highest BCUT2D eigenvalue weighted by Crippen LogP contribution is 2.36. The fourth-order valence-corrected chi connectivity index (χ4v) is 4.11. The largest absolute Gasteiger partial charge is 0.416 e. The Kier molecular flexibility index (Phi) is 6.09. The molecular formula is C23H26F3N3O2. The van der Waals surface area contributed by atoms with Crippen molar-refractivity contribution in [2.45, 2.75) is 38.4 Å². The average molecular weight is 433 g/mol. The molecule has 1 saturated heterocycles.